The second kappa shape index (κ2) is 7.08. The summed E-state index contributed by atoms with van der Waals surface area (Å²) in [6, 6.07) is 0. The minimum atomic E-state index is -2.99. The van der Waals surface area contributed by atoms with E-state index < -0.39 is 22.4 Å². The van der Waals surface area contributed by atoms with Crippen LogP contribution in [0.15, 0.2) is 0 Å². The van der Waals surface area contributed by atoms with Crippen LogP contribution in [-0.4, -0.2) is 50.6 Å². The first kappa shape index (κ1) is 14.7. The molecule has 0 heterocycles. The van der Waals surface area contributed by atoms with Crippen LogP contribution in [0.4, 0.5) is 8.78 Å². The predicted molar refractivity (Wildman–Crippen MR) is 53.8 cm³/mol. The number of rotatable bonds is 8. The van der Waals surface area contributed by atoms with Gasteiger partial charge in [0.2, 0.25) is 0 Å². The van der Waals surface area contributed by atoms with Crippen molar-refractivity contribution >= 4 is 9.84 Å². The highest BCUT2D eigenvalue weighted by atomic mass is 32.2. The Kier molecular flexibility index (Phi) is 6.95. The Hall–Kier alpha value is -0.270. The maximum atomic E-state index is 11.8. The fraction of sp³-hybridized carbons (Fsp3) is 1.00. The number of alkyl halides is 2. The first-order valence-electron chi connectivity index (χ1n) is 4.76. The molecule has 0 spiro atoms. The molecular formula is C8H17F2NO3S. The summed E-state index contributed by atoms with van der Waals surface area (Å²) < 4.78 is 45.6. The highest BCUT2D eigenvalue weighted by Crippen LogP contribution is 1.98. The van der Waals surface area contributed by atoms with Gasteiger partial charge in [0, 0.05) is 12.3 Å². The Labute approximate surface area is 88.6 Å². The number of hydrogen-bond acceptors (Lipinski definition) is 4. The molecule has 0 fully saturated rings. The van der Waals surface area contributed by atoms with Gasteiger partial charge in [0.05, 0.1) is 5.75 Å². The maximum Gasteiger partial charge on any atom is 0.265 e. The van der Waals surface area contributed by atoms with Crippen LogP contribution in [0.25, 0.3) is 0 Å². The third-order valence-corrected chi connectivity index (χ3v) is 3.68. The molecule has 0 saturated heterocycles. The molecule has 0 aromatic carbocycles. The van der Waals surface area contributed by atoms with Crippen molar-refractivity contribution in [3.63, 3.8) is 0 Å². The summed E-state index contributed by atoms with van der Waals surface area (Å²) in [4.78, 5) is 0. The van der Waals surface area contributed by atoms with Crippen molar-refractivity contribution in [1.29, 1.82) is 0 Å². The molecule has 0 rings (SSSR count). The maximum absolute atomic E-state index is 11.8. The van der Waals surface area contributed by atoms with Crippen molar-refractivity contribution in [3.8, 4) is 0 Å². The van der Waals surface area contributed by atoms with E-state index in [2.05, 4.69) is 5.32 Å². The average molecular weight is 245 g/mol. The number of sulfone groups is 1. The second-order valence-electron chi connectivity index (χ2n) is 3.20. The van der Waals surface area contributed by atoms with E-state index in [0.29, 0.717) is 13.0 Å². The zero-order valence-electron chi connectivity index (χ0n) is 8.62. The smallest absolute Gasteiger partial charge is 0.265 e. The third kappa shape index (κ3) is 7.64. The molecule has 0 saturated carbocycles. The van der Waals surface area contributed by atoms with Crippen LogP contribution in [0, 0.1) is 0 Å². The lowest BCUT2D eigenvalue weighted by atomic mass is 10.3. The Balaban J connectivity index is 3.49. The molecule has 0 aromatic rings. The van der Waals surface area contributed by atoms with Gasteiger partial charge in [0.15, 0.2) is 0 Å². The van der Waals surface area contributed by atoms with Crippen molar-refractivity contribution in [3.05, 3.63) is 0 Å². The SMILES string of the molecule is CCS(=O)(=O)CCCNCC(O)C(F)F. The third-order valence-electron chi connectivity index (χ3n) is 1.89. The normalized spacial score (nSPS) is 14.5. The van der Waals surface area contributed by atoms with Gasteiger partial charge in [-0.1, -0.05) is 6.92 Å². The lowest BCUT2D eigenvalue weighted by Crippen LogP contribution is -2.33. The average Bonchev–Trinajstić information content (AvgIpc) is 2.16. The van der Waals surface area contributed by atoms with E-state index in [9.17, 15) is 17.2 Å². The first-order valence-corrected chi connectivity index (χ1v) is 6.58. The zero-order chi connectivity index (χ0) is 11.9. The van der Waals surface area contributed by atoms with E-state index in [1.807, 2.05) is 0 Å². The molecule has 15 heavy (non-hydrogen) atoms. The van der Waals surface area contributed by atoms with Crippen LogP contribution in [0.2, 0.25) is 0 Å². The van der Waals surface area contributed by atoms with Gasteiger partial charge >= 0.3 is 0 Å². The molecule has 0 radical (unpaired) electrons. The van der Waals surface area contributed by atoms with Crippen LogP contribution >= 0.6 is 0 Å². The lowest BCUT2D eigenvalue weighted by molar-refractivity contribution is -0.00311. The summed E-state index contributed by atoms with van der Waals surface area (Å²) in [5.74, 6) is 0.133. The summed E-state index contributed by atoms with van der Waals surface area (Å²) in [6.45, 7) is 1.65. The van der Waals surface area contributed by atoms with Crippen molar-refractivity contribution in [2.45, 2.75) is 25.9 Å². The van der Waals surface area contributed by atoms with E-state index in [0.717, 1.165) is 0 Å². The topological polar surface area (TPSA) is 66.4 Å². The Morgan fingerprint density at radius 1 is 1.40 bits per heavy atom. The Bertz CT molecular complexity index is 257. The summed E-state index contributed by atoms with van der Waals surface area (Å²) in [5.41, 5.74) is 0. The van der Waals surface area contributed by atoms with E-state index in [1.54, 1.807) is 6.92 Å². The number of nitrogens with one attached hydrogen (secondary N) is 1. The molecule has 0 aliphatic carbocycles. The van der Waals surface area contributed by atoms with Crippen LogP contribution in [0.5, 0.6) is 0 Å². The van der Waals surface area contributed by atoms with Gasteiger partial charge in [-0.25, -0.2) is 17.2 Å². The first-order chi connectivity index (χ1) is 6.89. The molecule has 7 heteroatoms. The van der Waals surface area contributed by atoms with Gasteiger partial charge in [-0.3, -0.25) is 0 Å². The number of aliphatic hydroxyl groups is 1. The molecule has 0 amide bonds. The fourth-order valence-electron chi connectivity index (χ4n) is 0.900. The van der Waals surface area contributed by atoms with Crippen LogP contribution < -0.4 is 5.32 Å². The molecular weight excluding hydrogens is 228 g/mol. The predicted octanol–water partition coefficient (Wildman–Crippen LogP) is 0.0268. The van der Waals surface area contributed by atoms with Crippen molar-refractivity contribution in [1.82, 2.24) is 5.32 Å². The summed E-state index contributed by atoms with van der Waals surface area (Å²) in [5, 5.41) is 11.3. The molecule has 0 aliphatic heterocycles. The van der Waals surface area contributed by atoms with Crippen LogP contribution in [-0.2, 0) is 9.84 Å². The van der Waals surface area contributed by atoms with Gasteiger partial charge in [-0.2, -0.15) is 0 Å². The molecule has 1 atom stereocenters. The van der Waals surface area contributed by atoms with Crippen molar-refractivity contribution < 1.29 is 22.3 Å². The number of halogens is 2. The minimum absolute atomic E-state index is 0.0429. The lowest BCUT2D eigenvalue weighted by Gasteiger charge is -2.10. The molecule has 0 aliphatic rings. The minimum Gasteiger partial charge on any atom is -0.386 e. The van der Waals surface area contributed by atoms with Gasteiger partial charge in [0.1, 0.15) is 15.9 Å². The largest absolute Gasteiger partial charge is 0.386 e. The number of aliphatic hydroxyl groups excluding tert-OH is 1. The monoisotopic (exact) mass is 245 g/mol. The summed E-state index contributed by atoms with van der Waals surface area (Å²) in [6.07, 6.45) is -4.09. The van der Waals surface area contributed by atoms with E-state index >= 15 is 0 Å². The van der Waals surface area contributed by atoms with Crippen LogP contribution in [0.1, 0.15) is 13.3 Å². The van der Waals surface area contributed by atoms with Crippen LogP contribution in [0.3, 0.4) is 0 Å². The standard InChI is InChI=1S/C8H17F2NO3S/c1-2-15(13,14)5-3-4-11-6-7(12)8(9)10/h7-8,11-12H,2-6H2,1H3. The molecule has 92 valence electrons. The van der Waals surface area contributed by atoms with Crippen molar-refractivity contribution in [2.24, 2.45) is 0 Å². The second-order valence-corrected chi connectivity index (χ2v) is 5.67. The molecule has 0 aromatic heterocycles. The van der Waals surface area contributed by atoms with Gasteiger partial charge < -0.3 is 10.4 Å². The number of hydrogen-bond donors (Lipinski definition) is 2. The Morgan fingerprint density at radius 3 is 2.47 bits per heavy atom. The van der Waals surface area contributed by atoms with E-state index in [-0.39, 0.29) is 18.1 Å². The fourth-order valence-corrected chi connectivity index (χ4v) is 1.77. The molecule has 0 bridgehead atoms. The van der Waals surface area contributed by atoms with E-state index in [1.165, 1.54) is 0 Å². The van der Waals surface area contributed by atoms with E-state index in [4.69, 9.17) is 5.11 Å². The summed E-state index contributed by atoms with van der Waals surface area (Å²) in [7, 11) is -2.99. The highest BCUT2D eigenvalue weighted by molar-refractivity contribution is 7.91. The molecule has 4 nitrogen and oxygen atoms in total. The van der Waals surface area contributed by atoms with Gasteiger partial charge in [-0.05, 0) is 13.0 Å². The van der Waals surface area contributed by atoms with Crippen molar-refractivity contribution in [2.75, 3.05) is 24.6 Å². The molecule has 1 unspecified atom stereocenters. The highest BCUT2D eigenvalue weighted by Gasteiger charge is 2.15. The Morgan fingerprint density at radius 2 is 2.00 bits per heavy atom. The van der Waals surface area contributed by atoms with Gasteiger partial charge in [0.25, 0.3) is 6.43 Å². The van der Waals surface area contributed by atoms with Gasteiger partial charge in [-0.15, -0.1) is 0 Å². The quantitative estimate of drug-likeness (QED) is 0.592. The molecule has 2 N–H and O–H groups in total. The zero-order valence-corrected chi connectivity index (χ0v) is 9.43. The summed E-state index contributed by atoms with van der Waals surface area (Å²) >= 11 is 0.